The third-order valence-electron chi connectivity index (χ3n) is 4.58. The van der Waals surface area contributed by atoms with E-state index in [1.54, 1.807) is 17.3 Å². The number of carbonyl (C=O) groups is 1. The van der Waals surface area contributed by atoms with Gasteiger partial charge in [0.25, 0.3) is 5.91 Å². The van der Waals surface area contributed by atoms with Gasteiger partial charge in [-0.15, -0.1) is 12.4 Å². The van der Waals surface area contributed by atoms with Crippen molar-refractivity contribution >= 4 is 58.1 Å². The van der Waals surface area contributed by atoms with Crippen LogP contribution in [-0.4, -0.2) is 45.7 Å². The molecule has 4 rings (SSSR count). The van der Waals surface area contributed by atoms with Crippen LogP contribution in [0.4, 0.5) is 5.69 Å². The Balaban J connectivity index is 0.00000196. The first-order valence-corrected chi connectivity index (χ1v) is 8.82. The Morgan fingerprint density at radius 2 is 2.12 bits per heavy atom. The van der Waals surface area contributed by atoms with Gasteiger partial charge in [0, 0.05) is 55.1 Å². The van der Waals surface area contributed by atoms with Crippen LogP contribution in [-0.2, 0) is 6.54 Å². The molecule has 138 valence electrons. The number of hydrogen-bond acceptors (Lipinski definition) is 3. The zero-order valence-corrected chi connectivity index (χ0v) is 16.6. The number of anilines is 1. The number of benzene rings is 1. The number of aromatic nitrogens is 3. The smallest absolute Gasteiger partial charge is 0.270 e. The number of carbonyl (C=O) groups excluding carboxylic acids is 1. The van der Waals surface area contributed by atoms with Crippen LogP contribution in [0, 0.1) is 0 Å². The number of likely N-dealkylation sites (N-methyl/N-ethyl adjacent to an activating group) is 1. The quantitative estimate of drug-likeness (QED) is 0.672. The number of aromatic amines is 1. The summed E-state index contributed by atoms with van der Waals surface area (Å²) in [7, 11) is 1.81. The molecular formula is C17H18Cl3N5O. The maximum atomic E-state index is 12.9. The lowest BCUT2D eigenvalue weighted by Gasteiger charge is -2.25. The Hall–Kier alpha value is -1.89. The van der Waals surface area contributed by atoms with E-state index in [0.717, 1.165) is 34.3 Å². The number of halogens is 3. The molecule has 0 unspecified atom stereocenters. The lowest BCUT2D eigenvalue weighted by atomic mass is 10.0. The van der Waals surface area contributed by atoms with E-state index in [4.69, 9.17) is 23.2 Å². The molecule has 1 aliphatic heterocycles. The standard InChI is InChI=1S/C17H17Cl2N5O.ClH/c1-3-20-11-6-10(18)14(19)15-13(11)12(9-7-21-22-8-9)16-17(25)23(2)4-5-24(15)16;/h6-8,20H,3-5H2,1-2H3,(H,21,22);1H. The number of H-pyrrole nitrogens is 1. The largest absolute Gasteiger partial charge is 0.385 e. The summed E-state index contributed by atoms with van der Waals surface area (Å²) in [6.45, 7) is 4.03. The van der Waals surface area contributed by atoms with Gasteiger partial charge in [0.05, 0.1) is 21.8 Å². The van der Waals surface area contributed by atoms with Gasteiger partial charge in [-0.2, -0.15) is 5.10 Å². The Kier molecular flexibility index (Phi) is 5.10. The summed E-state index contributed by atoms with van der Waals surface area (Å²) in [6.07, 6.45) is 3.51. The summed E-state index contributed by atoms with van der Waals surface area (Å²) in [6, 6.07) is 1.82. The summed E-state index contributed by atoms with van der Waals surface area (Å²) in [5, 5.41) is 12.1. The molecule has 9 heteroatoms. The number of nitrogens with zero attached hydrogens (tertiary/aromatic N) is 3. The second-order valence-corrected chi connectivity index (χ2v) is 6.85. The van der Waals surface area contributed by atoms with E-state index < -0.39 is 0 Å². The number of hydrogen-bond donors (Lipinski definition) is 2. The minimum Gasteiger partial charge on any atom is -0.385 e. The molecule has 1 amide bonds. The van der Waals surface area contributed by atoms with Crippen LogP contribution in [0.15, 0.2) is 18.5 Å². The zero-order chi connectivity index (χ0) is 17.7. The second-order valence-electron chi connectivity index (χ2n) is 6.06. The maximum Gasteiger partial charge on any atom is 0.270 e. The van der Waals surface area contributed by atoms with Crippen molar-refractivity contribution in [2.75, 3.05) is 25.5 Å². The minimum atomic E-state index is -0.0340. The molecule has 0 saturated heterocycles. The van der Waals surface area contributed by atoms with Gasteiger partial charge in [0.1, 0.15) is 5.69 Å². The van der Waals surface area contributed by atoms with Crippen LogP contribution in [0.5, 0.6) is 0 Å². The first kappa shape index (κ1) is 18.9. The monoisotopic (exact) mass is 413 g/mol. The molecule has 6 nitrogen and oxygen atoms in total. The topological polar surface area (TPSA) is 66.0 Å². The molecule has 3 heterocycles. The first-order valence-electron chi connectivity index (χ1n) is 8.07. The molecule has 2 aromatic heterocycles. The fraction of sp³-hybridized carbons (Fsp3) is 0.294. The summed E-state index contributed by atoms with van der Waals surface area (Å²) in [5.74, 6) is -0.0340. The van der Waals surface area contributed by atoms with Gasteiger partial charge in [-0.05, 0) is 13.0 Å². The number of fused-ring (bicyclic) bond motifs is 3. The lowest BCUT2D eigenvalue weighted by molar-refractivity contribution is 0.0752. The van der Waals surface area contributed by atoms with E-state index >= 15 is 0 Å². The highest BCUT2D eigenvalue weighted by Crippen LogP contribution is 2.45. The van der Waals surface area contributed by atoms with Crippen molar-refractivity contribution in [1.82, 2.24) is 19.7 Å². The number of nitrogens with one attached hydrogen (secondary N) is 2. The summed E-state index contributed by atoms with van der Waals surface area (Å²) in [4.78, 5) is 14.7. The second kappa shape index (κ2) is 7.02. The normalized spacial score (nSPS) is 13.7. The van der Waals surface area contributed by atoms with Gasteiger partial charge >= 0.3 is 0 Å². The van der Waals surface area contributed by atoms with E-state index in [9.17, 15) is 4.79 Å². The van der Waals surface area contributed by atoms with Crippen molar-refractivity contribution in [1.29, 1.82) is 0 Å². The van der Waals surface area contributed by atoms with Crippen LogP contribution in [0.25, 0.3) is 22.0 Å². The molecule has 26 heavy (non-hydrogen) atoms. The zero-order valence-electron chi connectivity index (χ0n) is 14.3. The number of rotatable bonds is 3. The average molecular weight is 415 g/mol. The van der Waals surface area contributed by atoms with Crippen molar-refractivity contribution in [2.45, 2.75) is 13.5 Å². The highest BCUT2D eigenvalue weighted by molar-refractivity contribution is 6.46. The highest BCUT2D eigenvalue weighted by atomic mass is 35.5. The van der Waals surface area contributed by atoms with E-state index in [1.807, 2.05) is 24.6 Å². The number of amides is 1. The minimum absolute atomic E-state index is 0. The van der Waals surface area contributed by atoms with Gasteiger partial charge in [0.2, 0.25) is 0 Å². The molecule has 2 N–H and O–H groups in total. The van der Waals surface area contributed by atoms with Crippen LogP contribution in [0.2, 0.25) is 10.0 Å². The van der Waals surface area contributed by atoms with Crippen molar-refractivity contribution in [3.8, 4) is 11.1 Å². The molecule has 0 spiro atoms. The molecule has 0 radical (unpaired) electrons. The van der Waals surface area contributed by atoms with Crippen LogP contribution in [0.3, 0.4) is 0 Å². The Bertz CT molecular complexity index is 981. The third kappa shape index (κ3) is 2.64. The van der Waals surface area contributed by atoms with Gasteiger partial charge < -0.3 is 14.8 Å². The summed E-state index contributed by atoms with van der Waals surface area (Å²) in [5.41, 5.74) is 3.95. The van der Waals surface area contributed by atoms with Crippen LogP contribution < -0.4 is 5.32 Å². The van der Waals surface area contributed by atoms with E-state index in [2.05, 4.69) is 15.5 Å². The molecule has 1 aromatic carbocycles. The lowest BCUT2D eigenvalue weighted by Crippen LogP contribution is -2.37. The molecule has 0 atom stereocenters. The fourth-order valence-electron chi connectivity index (χ4n) is 3.46. The van der Waals surface area contributed by atoms with E-state index in [0.29, 0.717) is 28.8 Å². The summed E-state index contributed by atoms with van der Waals surface area (Å²) < 4.78 is 1.98. The molecular weight excluding hydrogens is 397 g/mol. The summed E-state index contributed by atoms with van der Waals surface area (Å²) >= 11 is 12.9. The maximum absolute atomic E-state index is 12.9. The van der Waals surface area contributed by atoms with Gasteiger partial charge in [0.15, 0.2) is 0 Å². The SMILES string of the molecule is CCNc1cc(Cl)c(Cl)c2c1c(-c1cn[nH]c1)c1n2CCN(C)C1=O.Cl. The van der Waals surface area contributed by atoms with Crippen molar-refractivity contribution < 1.29 is 4.79 Å². The average Bonchev–Trinajstić information content (AvgIpc) is 3.21. The molecule has 3 aromatic rings. The van der Waals surface area contributed by atoms with Crippen LogP contribution >= 0.6 is 35.6 Å². The molecule has 0 aliphatic carbocycles. The fourth-order valence-corrected chi connectivity index (χ4v) is 3.91. The predicted octanol–water partition coefficient (Wildman–Crippen LogP) is 4.28. The van der Waals surface area contributed by atoms with Gasteiger partial charge in [-0.3, -0.25) is 9.89 Å². The first-order chi connectivity index (χ1) is 12.0. The van der Waals surface area contributed by atoms with Crippen LogP contribution in [0.1, 0.15) is 17.4 Å². The highest BCUT2D eigenvalue weighted by Gasteiger charge is 2.32. The Labute approximate surface area is 166 Å². The van der Waals surface area contributed by atoms with E-state index in [1.165, 1.54) is 0 Å². The molecule has 0 fully saturated rings. The van der Waals surface area contributed by atoms with Crippen molar-refractivity contribution in [2.24, 2.45) is 0 Å². The van der Waals surface area contributed by atoms with Crippen molar-refractivity contribution in [3.05, 3.63) is 34.2 Å². The van der Waals surface area contributed by atoms with Gasteiger partial charge in [-0.1, -0.05) is 23.2 Å². The molecule has 0 saturated carbocycles. The van der Waals surface area contributed by atoms with Crippen molar-refractivity contribution in [3.63, 3.8) is 0 Å². The molecule has 1 aliphatic rings. The third-order valence-corrected chi connectivity index (χ3v) is 5.36. The van der Waals surface area contributed by atoms with E-state index in [-0.39, 0.29) is 18.3 Å². The predicted molar refractivity (Wildman–Crippen MR) is 108 cm³/mol. The van der Waals surface area contributed by atoms with Gasteiger partial charge in [-0.25, -0.2) is 0 Å². The Morgan fingerprint density at radius 3 is 2.77 bits per heavy atom. The molecule has 0 bridgehead atoms. The Morgan fingerprint density at radius 1 is 1.35 bits per heavy atom.